The van der Waals surface area contributed by atoms with Crippen LogP contribution in [0.15, 0.2) is 42.5 Å². The Hall–Kier alpha value is -1.96. The van der Waals surface area contributed by atoms with E-state index < -0.39 is 0 Å². The number of fused-ring (bicyclic) bond motifs is 2. The summed E-state index contributed by atoms with van der Waals surface area (Å²) in [5.74, 6) is 0. The summed E-state index contributed by atoms with van der Waals surface area (Å²) in [6.07, 6.45) is 6.21. The van der Waals surface area contributed by atoms with Gasteiger partial charge in [-0.25, -0.2) is 0 Å². The number of anilines is 3. The van der Waals surface area contributed by atoms with Crippen molar-refractivity contribution in [1.82, 2.24) is 0 Å². The number of aryl methyl sites for hydroxylation is 2. The van der Waals surface area contributed by atoms with Crippen molar-refractivity contribution in [3.8, 4) is 0 Å². The van der Waals surface area contributed by atoms with E-state index in [9.17, 15) is 0 Å². The van der Waals surface area contributed by atoms with Crippen LogP contribution < -0.4 is 10.2 Å². The highest BCUT2D eigenvalue weighted by Crippen LogP contribution is 2.35. The zero-order valence-electron chi connectivity index (χ0n) is 12.4. The standard InChI is InChI=1S/C19H22N2/c1-2-9-19-15(6-1)7-3-4-13-21(19)17-10-11-18-16(14-17)8-5-12-20-18/h1-2,6,9-11,14,20H,3-5,7-8,12-13H2. The van der Waals surface area contributed by atoms with Gasteiger partial charge in [-0.15, -0.1) is 0 Å². The largest absolute Gasteiger partial charge is 0.385 e. The molecule has 2 heterocycles. The maximum Gasteiger partial charge on any atom is 0.0443 e. The molecule has 4 rings (SSSR count). The summed E-state index contributed by atoms with van der Waals surface area (Å²) in [7, 11) is 0. The highest BCUT2D eigenvalue weighted by molar-refractivity contribution is 5.70. The first-order chi connectivity index (χ1) is 10.4. The molecule has 2 aliphatic heterocycles. The summed E-state index contributed by atoms with van der Waals surface area (Å²) in [6.45, 7) is 2.24. The van der Waals surface area contributed by atoms with Crippen LogP contribution in [0.2, 0.25) is 0 Å². The number of benzene rings is 2. The minimum atomic E-state index is 1.11. The average Bonchev–Trinajstić information content (AvgIpc) is 2.77. The Kier molecular flexibility index (Phi) is 3.30. The molecule has 2 aliphatic rings. The second-order valence-electron chi connectivity index (χ2n) is 6.11. The van der Waals surface area contributed by atoms with Gasteiger partial charge in [-0.2, -0.15) is 0 Å². The second kappa shape index (κ2) is 5.44. The fraction of sp³-hybridized carbons (Fsp3) is 0.368. The predicted octanol–water partition coefficient (Wildman–Crippen LogP) is 4.52. The number of nitrogens with one attached hydrogen (secondary N) is 1. The second-order valence-corrected chi connectivity index (χ2v) is 6.11. The van der Waals surface area contributed by atoms with E-state index >= 15 is 0 Å². The lowest BCUT2D eigenvalue weighted by Gasteiger charge is -2.27. The van der Waals surface area contributed by atoms with Crippen molar-refractivity contribution in [3.63, 3.8) is 0 Å². The fourth-order valence-corrected chi connectivity index (χ4v) is 3.59. The van der Waals surface area contributed by atoms with Crippen molar-refractivity contribution >= 4 is 17.1 Å². The number of hydrogen-bond acceptors (Lipinski definition) is 2. The molecular weight excluding hydrogens is 256 g/mol. The molecule has 0 atom stereocenters. The molecule has 0 saturated carbocycles. The molecule has 0 aromatic heterocycles. The molecule has 0 bridgehead atoms. The van der Waals surface area contributed by atoms with Gasteiger partial charge in [0, 0.05) is 30.2 Å². The minimum Gasteiger partial charge on any atom is -0.385 e. The summed E-state index contributed by atoms with van der Waals surface area (Å²) in [5.41, 5.74) is 7.05. The van der Waals surface area contributed by atoms with Gasteiger partial charge in [-0.3, -0.25) is 0 Å². The highest BCUT2D eigenvalue weighted by Gasteiger charge is 2.18. The van der Waals surface area contributed by atoms with Crippen LogP contribution in [-0.2, 0) is 12.8 Å². The summed E-state index contributed by atoms with van der Waals surface area (Å²) in [6, 6.07) is 15.8. The SMILES string of the molecule is c1ccc2c(c1)CCCCN2c1ccc2c(c1)CCCN2. The topological polar surface area (TPSA) is 15.3 Å². The van der Waals surface area contributed by atoms with Crippen LogP contribution in [0.1, 0.15) is 30.4 Å². The zero-order chi connectivity index (χ0) is 14.1. The number of hydrogen-bond donors (Lipinski definition) is 1. The van der Waals surface area contributed by atoms with Gasteiger partial charge in [0.05, 0.1) is 0 Å². The molecule has 0 aliphatic carbocycles. The molecule has 0 amide bonds. The van der Waals surface area contributed by atoms with Gasteiger partial charge in [0.15, 0.2) is 0 Å². The normalized spacial score (nSPS) is 17.4. The zero-order valence-corrected chi connectivity index (χ0v) is 12.4. The first kappa shape index (κ1) is 12.8. The van der Waals surface area contributed by atoms with E-state index in [0.717, 1.165) is 13.1 Å². The average molecular weight is 278 g/mol. The Labute approximate surface area is 126 Å². The molecule has 108 valence electrons. The van der Waals surface area contributed by atoms with Crippen molar-refractivity contribution in [1.29, 1.82) is 0 Å². The lowest BCUT2D eigenvalue weighted by molar-refractivity contribution is 0.760. The smallest absolute Gasteiger partial charge is 0.0443 e. The fourth-order valence-electron chi connectivity index (χ4n) is 3.59. The number of para-hydroxylation sites is 1. The van der Waals surface area contributed by atoms with Gasteiger partial charge in [0.1, 0.15) is 0 Å². The first-order valence-electron chi connectivity index (χ1n) is 8.14. The van der Waals surface area contributed by atoms with Crippen molar-refractivity contribution in [2.24, 2.45) is 0 Å². The van der Waals surface area contributed by atoms with Crippen molar-refractivity contribution in [2.45, 2.75) is 32.1 Å². The van der Waals surface area contributed by atoms with Gasteiger partial charge in [0.2, 0.25) is 0 Å². The molecule has 2 aromatic rings. The minimum absolute atomic E-state index is 1.11. The highest BCUT2D eigenvalue weighted by atomic mass is 15.1. The van der Waals surface area contributed by atoms with E-state index in [0.29, 0.717) is 0 Å². The van der Waals surface area contributed by atoms with Crippen molar-refractivity contribution < 1.29 is 0 Å². The summed E-state index contributed by atoms with van der Waals surface area (Å²) in [5, 5.41) is 3.51. The summed E-state index contributed by atoms with van der Waals surface area (Å²) in [4.78, 5) is 2.51. The molecule has 21 heavy (non-hydrogen) atoms. The van der Waals surface area contributed by atoms with E-state index in [1.54, 1.807) is 0 Å². The molecule has 1 N–H and O–H groups in total. The molecule has 0 spiro atoms. The predicted molar refractivity (Wildman–Crippen MR) is 89.6 cm³/mol. The van der Waals surface area contributed by atoms with Gasteiger partial charge in [-0.1, -0.05) is 18.2 Å². The van der Waals surface area contributed by atoms with Crippen LogP contribution in [-0.4, -0.2) is 13.1 Å². The Morgan fingerprint density at radius 1 is 0.857 bits per heavy atom. The molecule has 0 saturated heterocycles. The van der Waals surface area contributed by atoms with Gasteiger partial charge in [0.25, 0.3) is 0 Å². The third-order valence-electron chi connectivity index (χ3n) is 4.70. The van der Waals surface area contributed by atoms with Gasteiger partial charge in [-0.05, 0) is 67.5 Å². The Bertz CT molecular complexity index is 648. The van der Waals surface area contributed by atoms with Crippen molar-refractivity contribution in [3.05, 3.63) is 53.6 Å². The Balaban J connectivity index is 1.75. The van der Waals surface area contributed by atoms with Gasteiger partial charge < -0.3 is 10.2 Å². The number of nitrogens with zero attached hydrogens (tertiary/aromatic N) is 1. The Morgan fingerprint density at radius 2 is 1.76 bits per heavy atom. The maximum atomic E-state index is 3.51. The van der Waals surface area contributed by atoms with E-state index in [1.165, 1.54) is 60.3 Å². The molecule has 0 radical (unpaired) electrons. The molecule has 2 aromatic carbocycles. The van der Waals surface area contributed by atoms with Crippen LogP contribution in [0.25, 0.3) is 0 Å². The van der Waals surface area contributed by atoms with E-state index in [4.69, 9.17) is 0 Å². The van der Waals surface area contributed by atoms with Crippen LogP contribution in [0.4, 0.5) is 17.1 Å². The van der Waals surface area contributed by atoms with Crippen LogP contribution in [0.5, 0.6) is 0 Å². The maximum absolute atomic E-state index is 3.51. The molecule has 2 nitrogen and oxygen atoms in total. The van der Waals surface area contributed by atoms with Crippen LogP contribution >= 0.6 is 0 Å². The summed E-state index contributed by atoms with van der Waals surface area (Å²) < 4.78 is 0. The quantitative estimate of drug-likeness (QED) is 0.825. The first-order valence-corrected chi connectivity index (χ1v) is 8.14. The Morgan fingerprint density at radius 3 is 2.76 bits per heavy atom. The third-order valence-corrected chi connectivity index (χ3v) is 4.70. The van der Waals surface area contributed by atoms with E-state index in [1.807, 2.05) is 0 Å². The van der Waals surface area contributed by atoms with E-state index in [-0.39, 0.29) is 0 Å². The monoisotopic (exact) mass is 278 g/mol. The molecular formula is C19H22N2. The lowest BCUT2D eigenvalue weighted by Crippen LogP contribution is -2.19. The molecule has 0 fully saturated rings. The molecule has 0 unspecified atom stereocenters. The van der Waals surface area contributed by atoms with E-state index in [2.05, 4.69) is 52.7 Å². The lowest BCUT2D eigenvalue weighted by atomic mass is 10.0. The third kappa shape index (κ3) is 2.39. The van der Waals surface area contributed by atoms with Crippen LogP contribution in [0.3, 0.4) is 0 Å². The number of rotatable bonds is 1. The van der Waals surface area contributed by atoms with Gasteiger partial charge >= 0.3 is 0 Å². The molecule has 2 heteroatoms. The van der Waals surface area contributed by atoms with Crippen LogP contribution in [0, 0.1) is 0 Å². The summed E-state index contributed by atoms with van der Waals surface area (Å²) >= 11 is 0. The van der Waals surface area contributed by atoms with Crippen molar-refractivity contribution in [2.75, 3.05) is 23.3 Å².